The third kappa shape index (κ3) is 7.07. The van der Waals surface area contributed by atoms with Crippen LogP contribution < -0.4 is 4.74 Å². The minimum Gasteiger partial charge on any atom is -0.494 e. The average molecular weight is 505 g/mol. The summed E-state index contributed by atoms with van der Waals surface area (Å²) in [6, 6.07) is 14.2. The maximum Gasteiger partial charge on any atom is 0.302 e. The Morgan fingerprint density at radius 1 is 1.06 bits per heavy atom. The predicted octanol–water partition coefficient (Wildman–Crippen LogP) is 5.15. The summed E-state index contributed by atoms with van der Waals surface area (Å²) >= 11 is 3.66. The zero-order valence-corrected chi connectivity index (χ0v) is 20.2. The van der Waals surface area contributed by atoms with Crippen molar-refractivity contribution in [2.45, 2.75) is 58.3 Å². The molecule has 7 heteroatoms. The summed E-state index contributed by atoms with van der Waals surface area (Å²) in [6.07, 6.45) is 0.919. The van der Waals surface area contributed by atoms with E-state index in [4.69, 9.17) is 18.9 Å². The van der Waals surface area contributed by atoms with Gasteiger partial charge in [-0.1, -0.05) is 40.2 Å². The Hall–Kier alpha value is -2.38. The molecular weight excluding hydrogens is 476 g/mol. The maximum atomic E-state index is 11.5. The van der Waals surface area contributed by atoms with Crippen LogP contribution in [0.3, 0.4) is 0 Å². The van der Waals surface area contributed by atoms with E-state index in [-0.39, 0.29) is 36.9 Å². The summed E-state index contributed by atoms with van der Waals surface area (Å²) in [5.74, 6) is 0.171. The third-order valence-corrected chi connectivity index (χ3v) is 6.01. The van der Waals surface area contributed by atoms with Crippen LogP contribution in [0.5, 0.6) is 5.75 Å². The van der Waals surface area contributed by atoms with E-state index in [1.54, 1.807) is 0 Å². The molecule has 1 aliphatic rings. The Labute approximate surface area is 197 Å². The lowest BCUT2D eigenvalue weighted by Gasteiger charge is -2.35. The van der Waals surface area contributed by atoms with Crippen molar-refractivity contribution in [3.8, 4) is 5.75 Å². The SMILES string of the molecule is CCOc1ccc(Cc2cc(C3CC(OC(C)=O)CC(COC(C)=O)O3)ccc2Br)cc1. The summed E-state index contributed by atoms with van der Waals surface area (Å²) in [4.78, 5) is 22.8. The molecule has 3 unspecified atom stereocenters. The minimum absolute atomic E-state index is 0.138. The first kappa shape index (κ1) is 24.3. The number of ether oxygens (including phenoxy) is 4. The summed E-state index contributed by atoms with van der Waals surface area (Å²) in [5.41, 5.74) is 3.29. The fraction of sp³-hybridized carbons (Fsp3) is 0.440. The monoisotopic (exact) mass is 504 g/mol. The van der Waals surface area contributed by atoms with Crippen LogP contribution in [0.1, 0.15) is 56.4 Å². The van der Waals surface area contributed by atoms with Crippen molar-refractivity contribution >= 4 is 27.9 Å². The highest BCUT2D eigenvalue weighted by Gasteiger charge is 2.33. The fourth-order valence-corrected chi connectivity index (χ4v) is 4.24. The largest absolute Gasteiger partial charge is 0.494 e. The molecule has 1 heterocycles. The van der Waals surface area contributed by atoms with Crippen LogP contribution in [0.15, 0.2) is 46.9 Å². The lowest BCUT2D eigenvalue weighted by atomic mass is 9.94. The Kier molecular flexibility index (Phi) is 8.70. The van der Waals surface area contributed by atoms with Crippen molar-refractivity contribution in [3.63, 3.8) is 0 Å². The van der Waals surface area contributed by atoms with Crippen molar-refractivity contribution in [1.29, 1.82) is 0 Å². The van der Waals surface area contributed by atoms with Gasteiger partial charge in [-0.3, -0.25) is 9.59 Å². The van der Waals surface area contributed by atoms with Gasteiger partial charge in [0.15, 0.2) is 0 Å². The Morgan fingerprint density at radius 2 is 1.81 bits per heavy atom. The van der Waals surface area contributed by atoms with Crippen LogP contribution in [0.4, 0.5) is 0 Å². The lowest BCUT2D eigenvalue weighted by Crippen LogP contribution is -2.36. The zero-order valence-electron chi connectivity index (χ0n) is 18.6. The summed E-state index contributed by atoms with van der Waals surface area (Å²) < 4.78 is 23.4. The lowest BCUT2D eigenvalue weighted by molar-refractivity contribution is -0.169. The van der Waals surface area contributed by atoms with Crippen LogP contribution in [0.25, 0.3) is 0 Å². The first-order chi connectivity index (χ1) is 15.3. The van der Waals surface area contributed by atoms with Gasteiger partial charge in [-0.15, -0.1) is 0 Å². The van der Waals surface area contributed by atoms with Gasteiger partial charge < -0.3 is 18.9 Å². The molecular formula is C25H29BrO6. The quantitative estimate of drug-likeness (QED) is 0.462. The van der Waals surface area contributed by atoms with Crippen LogP contribution in [-0.4, -0.2) is 37.4 Å². The number of carbonyl (C=O) groups excluding carboxylic acids is 2. The minimum atomic E-state index is -0.360. The molecule has 3 rings (SSSR count). The average Bonchev–Trinajstić information content (AvgIpc) is 2.75. The van der Waals surface area contributed by atoms with Gasteiger partial charge in [-0.05, 0) is 48.2 Å². The van der Waals surface area contributed by atoms with E-state index < -0.39 is 0 Å². The highest BCUT2D eigenvalue weighted by Crippen LogP contribution is 2.35. The van der Waals surface area contributed by atoms with E-state index in [9.17, 15) is 9.59 Å². The van der Waals surface area contributed by atoms with Crippen molar-refractivity contribution in [2.24, 2.45) is 0 Å². The van der Waals surface area contributed by atoms with E-state index >= 15 is 0 Å². The summed E-state index contributed by atoms with van der Waals surface area (Å²) in [5, 5.41) is 0. The molecule has 2 aromatic carbocycles. The van der Waals surface area contributed by atoms with E-state index in [0.717, 1.165) is 27.8 Å². The van der Waals surface area contributed by atoms with Crippen LogP contribution in [-0.2, 0) is 30.2 Å². The highest BCUT2D eigenvalue weighted by atomic mass is 79.9. The van der Waals surface area contributed by atoms with Gasteiger partial charge in [0, 0.05) is 31.2 Å². The summed E-state index contributed by atoms with van der Waals surface area (Å²) in [6.45, 7) is 5.51. The van der Waals surface area contributed by atoms with Crippen molar-refractivity contribution < 1.29 is 28.5 Å². The molecule has 0 N–H and O–H groups in total. The second-order valence-corrected chi connectivity index (χ2v) is 8.71. The molecule has 32 heavy (non-hydrogen) atoms. The van der Waals surface area contributed by atoms with Crippen molar-refractivity contribution in [1.82, 2.24) is 0 Å². The molecule has 3 atom stereocenters. The molecule has 1 saturated heterocycles. The van der Waals surface area contributed by atoms with Crippen LogP contribution in [0, 0.1) is 0 Å². The Bertz CT molecular complexity index is 927. The molecule has 0 amide bonds. The molecule has 2 aromatic rings. The normalized spacial score (nSPS) is 20.4. The number of esters is 2. The van der Waals surface area contributed by atoms with Gasteiger partial charge in [0.1, 0.15) is 18.5 Å². The molecule has 1 aliphatic heterocycles. The third-order valence-electron chi connectivity index (χ3n) is 5.24. The summed E-state index contributed by atoms with van der Waals surface area (Å²) in [7, 11) is 0. The zero-order chi connectivity index (χ0) is 23.1. The van der Waals surface area contributed by atoms with Gasteiger partial charge in [0.05, 0.1) is 18.8 Å². The van der Waals surface area contributed by atoms with Crippen LogP contribution in [0.2, 0.25) is 0 Å². The number of hydrogen-bond donors (Lipinski definition) is 0. The number of benzene rings is 2. The fourth-order valence-electron chi connectivity index (χ4n) is 3.86. The van der Waals surface area contributed by atoms with Crippen LogP contribution >= 0.6 is 15.9 Å². The molecule has 0 aliphatic carbocycles. The second kappa shape index (κ2) is 11.5. The highest BCUT2D eigenvalue weighted by molar-refractivity contribution is 9.10. The second-order valence-electron chi connectivity index (χ2n) is 7.86. The van der Waals surface area contributed by atoms with Crippen molar-refractivity contribution in [3.05, 3.63) is 63.6 Å². The maximum absolute atomic E-state index is 11.5. The molecule has 6 nitrogen and oxygen atoms in total. The Balaban J connectivity index is 1.77. The number of carbonyl (C=O) groups is 2. The smallest absolute Gasteiger partial charge is 0.302 e. The standard InChI is InChI=1S/C25H29BrO6/c1-4-29-21-8-5-18(6-9-21)11-20-12-19(7-10-24(20)26)25-14-22(31-17(3)28)13-23(32-25)15-30-16(2)27/h5-10,12,22-23,25H,4,11,13-15H2,1-3H3. The number of hydrogen-bond acceptors (Lipinski definition) is 6. The molecule has 1 fully saturated rings. The molecule has 0 saturated carbocycles. The first-order valence-corrected chi connectivity index (χ1v) is 11.6. The van der Waals surface area contributed by atoms with Gasteiger partial charge in [0.25, 0.3) is 0 Å². The Morgan fingerprint density at radius 3 is 2.47 bits per heavy atom. The molecule has 0 radical (unpaired) electrons. The van der Waals surface area contributed by atoms with Gasteiger partial charge >= 0.3 is 11.9 Å². The molecule has 0 aromatic heterocycles. The number of rotatable bonds is 8. The van der Waals surface area contributed by atoms with Gasteiger partial charge in [-0.25, -0.2) is 0 Å². The van der Waals surface area contributed by atoms with E-state index in [1.165, 1.54) is 19.4 Å². The van der Waals surface area contributed by atoms with Crippen molar-refractivity contribution in [2.75, 3.05) is 13.2 Å². The van der Waals surface area contributed by atoms with Gasteiger partial charge in [0.2, 0.25) is 0 Å². The molecule has 0 spiro atoms. The number of halogens is 1. The van der Waals surface area contributed by atoms with Gasteiger partial charge in [-0.2, -0.15) is 0 Å². The van der Waals surface area contributed by atoms with E-state index in [2.05, 4.69) is 34.1 Å². The van der Waals surface area contributed by atoms with E-state index in [0.29, 0.717) is 19.4 Å². The molecule has 0 bridgehead atoms. The first-order valence-electron chi connectivity index (χ1n) is 10.8. The topological polar surface area (TPSA) is 71.1 Å². The predicted molar refractivity (Wildman–Crippen MR) is 124 cm³/mol. The van der Waals surface area contributed by atoms with E-state index in [1.807, 2.05) is 31.2 Å². The molecule has 172 valence electrons.